The molecule has 1 amide bonds. The van der Waals surface area contributed by atoms with Crippen molar-refractivity contribution < 1.29 is 49.3 Å². The fraction of sp³-hybridized carbons (Fsp3) is 0.710. The molecule has 0 radical (unpaired) electrons. The minimum absolute atomic E-state index is 0.107. The molecule has 458 valence electrons. The first-order valence-electron chi connectivity index (χ1n) is 32.2. The zero-order valence-corrected chi connectivity index (χ0v) is 50.7. The summed E-state index contributed by atoms with van der Waals surface area (Å²) in [4.78, 5) is 26.5. The number of hydrogen-bond donors (Lipinski definition) is 6. The zero-order valence-electron chi connectivity index (χ0n) is 50.7. The molecule has 0 saturated carbocycles. The van der Waals surface area contributed by atoms with Crippen LogP contribution in [0.15, 0.2) is 109 Å². The number of esters is 1. The number of amides is 1. The van der Waals surface area contributed by atoms with Crippen molar-refractivity contribution in [2.45, 2.75) is 301 Å². The second-order valence-corrected chi connectivity index (χ2v) is 21.7. The van der Waals surface area contributed by atoms with Gasteiger partial charge in [0.05, 0.1) is 25.4 Å². The molecule has 0 bridgehead atoms. The molecule has 80 heavy (non-hydrogen) atoms. The van der Waals surface area contributed by atoms with Crippen LogP contribution >= 0.6 is 0 Å². The first-order chi connectivity index (χ1) is 39.2. The Morgan fingerprint density at radius 3 is 1.35 bits per heavy atom. The summed E-state index contributed by atoms with van der Waals surface area (Å²) < 4.78 is 17.6. The first kappa shape index (κ1) is 74.3. The lowest BCUT2D eigenvalue weighted by Crippen LogP contribution is -2.61. The molecule has 8 unspecified atom stereocenters. The van der Waals surface area contributed by atoms with Gasteiger partial charge in [-0.25, -0.2) is 0 Å². The number of unbranched alkanes of at least 4 members (excludes halogenated alkanes) is 23. The molecule has 1 aliphatic rings. The molecule has 0 aromatic rings. The van der Waals surface area contributed by atoms with Crippen molar-refractivity contribution in [3.63, 3.8) is 0 Å². The van der Waals surface area contributed by atoms with Gasteiger partial charge in [-0.1, -0.05) is 252 Å². The molecule has 0 aliphatic carbocycles. The van der Waals surface area contributed by atoms with Gasteiger partial charge >= 0.3 is 5.97 Å². The van der Waals surface area contributed by atoms with Crippen LogP contribution in [-0.2, 0) is 23.8 Å². The van der Waals surface area contributed by atoms with E-state index in [9.17, 15) is 35.1 Å². The summed E-state index contributed by atoms with van der Waals surface area (Å²) in [6.07, 6.45) is 65.6. The number of carbonyl (C=O) groups is 2. The third-order valence-corrected chi connectivity index (χ3v) is 14.4. The molecular formula is C69H117NO10. The van der Waals surface area contributed by atoms with Crippen LogP contribution in [0, 0.1) is 0 Å². The highest BCUT2D eigenvalue weighted by molar-refractivity contribution is 5.80. The maximum atomic E-state index is 13.4. The number of carbonyl (C=O) groups excluding carboxylic acids is 2. The first-order valence-corrected chi connectivity index (χ1v) is 32.2. The van der Waals surface area contributed by atoms with Gasteiger partial charge in [0.1, 0.15) is 24.4 Å². The van der Waals surface area contributed by atoms with Gasteiger partial charge in [-0.2, -0.15) is 0 Å². The summed E-state index contributed by atoms with van der Waals surface area (Å²) in [6.45, 7) is 5.54. The van der Waals surface area contributed by atoms with E-state index in [-0.39, 0.29) is 19.4 Å². The highest BCUT2D eigenvalue weighted by Crippen LogP contribution is 2.26. The van der Waals surface area contributed by atoms with E-state index < -0.39 is 67.4 Å². The van der Waals surface area contributed by atoms with Crippen molar-refractivity contribution in [3.8, 4) is 0 Å². The van der Waals surface area contributed by atoms with Gasteiger partial charge in [-0.05, 0) is 103 Å². The van der Waals surface area contributed by atoms with E-state index in [0.29, 0.717) is 12.8 Å². The number of hydrogen-bond acceptors (Lipinski definition) is 10. The molecule has 1 heterocycles. The fourth-order valence-electron chi connectivity index (χ4n) is 9.40. The van der Waals surface area contributed by atoms with Crippen molar-refractivity contribution in [3.05, 3.63) is 109 Å². The monoisotopic (exact) mass is 1120 g/mol. The normalized spacial score (nSPS) is 19.5. The highest BCUT2D eigenvalue weighted by Gasteiger charge is 2.47. The Labute approximate surface area is 488 Å². The Balaban J connectivity index is 2.58. The molecule has 1 saturated heterocycles. The van der Waals surface area contributed by atoms with E-state index >= 15 is 0 Å². The van der Waals surface area contributed by atoms with E-state index in [4.69, 9.17) is 14.2 Å². The zero-order chi connectivity index (χ0) is 58.2. The van der Waals surface area contributed by atoms with Gasteiger partial charge in [0.2, 0.25) is 5.91 Å². The van der Waals surface area contributed by atoms with Gasteiger partial charge in [0, 0.05) is 6.42 Å². The number of aliphatic hydroxyl groups excluding tert-OH is 5. The van der Waals surface area contributed by atoms with E-state index in [2.05, 4.69) is 123 Å². The summed E-state index contributed by atoms with van der Waals surface area (Å²) in [7, 11) is 0. The Hall–Kier alpha value is -3.68. The standard InChI is InChI=1S/C69H117NO10/c1-4-7-10-13-16-19-22-24-25-26-27-28-29-30-31-32-33-34-35-36-37-39-42-45-48-51-54-57-64(74)80-67-66(76)65(75)63(58-71)79-69(67)78-59-60(61(72)55-52-49-46-43-40-21-18-15-12-9-6-3)70-68(77)62(73)56-53-50-47-44-41-38-23-20-17-14-11-8-5-2/h7-8,10-11,16-17,19-20,24-25,27-28,30-31,33-34,52,55,60-63,65-67,69,71-73,75-76H,4-6,9,12-15,18,21-23,26,29,32,35-51,53-54,56-59H2,1-3H3,(H,70,77)/b10-7-,11-8+,19-16-,20-17+,25-24-,28-27-,31-30-,34-33-,55-52+. The molecule has 1 rings (SSSR count). The highest BCUT2D eigenvalue weighted by atomic mass is 16.7. The van der Waals surface area contributed by atoms with Crippen molar-refractivity contribution in [1.82, 2.24) is 5.32 Å². The number of nitrogens with one attached hydrogen (secondary N) is 1. The summed E-state index contributed by atoms with van der Waals surface area (Å²) in [5, 5.41) is 56.9. The number of allylic oxidation sites excluding steroid dienone is 17. The summed E-state index contributed by atoms with van der Waals surface area (Å²) in [6, 6.07) is -1.03. The van der Waals surface area contributed by atoms with Gasteiger partial charge in [0.25, 0.3) is 0 Å². The molecule has 0 spiro atoms. The smallest absolute Gasteiger partial charge is 0.306 e. The van der Waals surface area contributed by atoms with Crippen LogP contribution in [-0.4, -0.2) is 99.6 Å². The SMILES string of the molecule is CC/C=C\C/C=C\C/C=C\C/C=C\C/C=C\C/C=C\CCCCCCCCCCC(=O)OC1C(OCC(NC(=O)C(O)CCCCCCCC/C=C/C/C=C/CC)C(O)/C=C/CCCCCCCCCCC)OC(CO)C(O)C1O. The van der Waals surface area contributed by atoms with Crippen LogP contribution in [0.25, 0.3) is 0 Å². The van der Waals surface area contributed by atoms with Gasteiger partial charge in [-0.3, -0.25) is 9.59 Å². The number of rotatable bonds is 53. The minimum atomic E-state index is -1.62. The van der Waals surface area contributed by atoms with Crippen molar-refractivity contribution in [2.75, 3.05) is 13.2 Å². The van der Waals surface area contributed by atoms with Gasteiger partial charge in [-0.15, -0.1) is 0 Å². The quantitative estimate of drug-likeness (QED) is 0.0195. The second-order valence-electron chi connectivity index (χ2n) is 21.7. The summed E-state index contributed by atoms with van der Waals surface area (Å²) >= 11 is 0. The van der Waals surface area contributed by atoms with Crippen LogP contribution in [0.4, 0.5) is 0 Å². The van der Waals surface area contributed by atoms with Crippen molar-refractivity contribution in [2.24, 2.45) is 0 Å². The van der Waals surface area contributed by atoms with E-state index in [1.54, 1.807) is 6.08 Å². The molecule has 11 nitrogen and oxygen atoms in total. The molecule has 0 aromatic heterocycles. The molecule has 8 atom stereocenters. The number of ether oxygens (including phenoxy) is 3. The lowest BCUT2D eigenvalue weighted by molar-refractivity contribution is -0.305. The summed E-state index contributed by atoms with van der Waals surface area (Å²) in [5.74, 6) is -1.22. The second kappa shape index (κ2) is 55.8. The molecule has 1 fully saturated rings. The van der Waals surface area contributed by atoms with Crippen LogP contribution in [0.5, 0.6) is 0 Å². The predicted octanol–water partition coefficient (Wildman–Crippen LogP) is 15.7. The average molecular weight is 1120 g/mol. The molecule has 1 aliphatic heterocycles. The third kappa shape index (κ3) is 43.1. The summed E-state index contributed by atoms with van der Waals surface area (Å²) in [5.41, 5.74) is 0. The van der Waals surface area contributed by atoms with Gasteiger partial charge < -0.3 is 45.1 Å². The maximum absolute atomic E-state index is 13.4. The van der Waals surface area contributed by atoms with Gasteiger partial charge in [0.15, 0.2) is 12.4 Å². The number of aliphatic hydroxyl groups is 5. The lowest BCUT2D eigenvalue weighted by atomic mass is 9.99. The molecule has 11 heteroatoms. The molecule has 0 aromatic carbocycles. The Bertz CT molecular complexity index is 1710. The molecular weight excluding hydrogens is 1000 g/mol. The van der Waals surface area contributed by atoms with E-state index in [1.165, 1.54) is 57.8 Å². The lowest BCUT2D eigenvalue weighted by Gasteiger charge is -2.41. The largest absolute Gasteiger partial charge is 0.454 e. The average Bonchev–Trinajstić information content (AvgIpc) is 3.46. The van der Waals surface area contributed by atoms with Crippen LogP contribution < -0.4 is 5.32 Å². The van der Waals surface area contributed by atoms with Crippen LogP contribution in [0.3, 0.4) is 0 Å². The maximum Gasteiger partial charge on any atom is 0.306 e. The predicted molar refractivity (Wildman–Crippen MR) is 333 cm³/mol. The fourth-order valence-corrected chi connectivity index (χ4v) is 9.40. The Kier molecular flexibility index (Phi) is 51.9. The van der Waals surface area contributed by atoms with Crippen LogP contribution in [0.1, 0.15) is 252 Å². The van der Waals surface area contributed by atoms with Crippen molar-refractivity contribution in [1.29, 1.82) is 0 Å². The third-order valence-electron chi connectivity index (χ3n) is 14.4. The Morgan fingerprint density at radius 1 is 0.500 bits per heavy atom. The van der Waals surface area contributed by atoms with E-state index in [0.717, 1.165) is 148 Å². The molecule has 6 N–H and O–H groups in total. The van der Waals surface area contributed by atoms with Crippen molar-refractivity contribution >= 4 is 11.9 Å². The Morgan fingerprint density at radius 2 is 0.900 bits per heavy atom. The van der Waals surface area contributed by atoms with Crippen LogP contribution in [0.2, 0.25) is 0 Å². The topological polar surface area (TPSA) is 175 Å². The van der Waals surface area contributed by atoms with E-state index in [1.807, 2.05) is 6.08 Å². The minimum Gasteiger partial charge on any atom is -0.454 e.